The maximum Gasteiger partial charge on any atom is 0.340 e. The summed E-state index contributed by atoms with van der Waals surface area (Å²) in [5.41, 5.74) is -0.427. The van der Waals surface area contributed by atoms with Crippen LogP contribution in [0.25, 0.3) is 0 Å². The zero-order chi connectivity index (χ0) is 24.6. The van der Waals surface area contributed by atoms with Gasteiger partial charge in [-0.15, -0.1) is 0 Å². The molecule has 0 amide bonds. The zero-order valence-corrected chi connectivity index (χ0v) is 19.5. The highest BCUT2D eigenvalue weighted by molar-refractivity contribution is 5.93. The first-order valence-electron chi connectivity index (χ1n) is 10.6. The van der Waals surface area contributed by atoms with E-state index < -0.39 is 41.5 Å². The Morgan fingerprint density at radius 1 is 1.24 bits per heavy atom. The van der Waals surface area contributed by atoms with Crippen LogP contribution in [0, 0.1) is 5.92 Å². The molecule has 33 heavy (non-hydrogen) atoms. The Morgan fingerprint density at radius 3 is 2.52 bits per heavy atom. The van der Waals surface area contributed by atoms with Crippen LogP contribution in [0.15, 0.2) is 47.3 Å². The van der Waals surface area contributed by atoms with Gasteiger partial charge in [-0.05, 0) is 38.3 Å². The van der Waals surface area contributed by atoms with Crippen LogP contribution in [-0.4, -0.2) is 60.8 Å². The van der Waals surface area contributed by atoms with E-state index in [1.807, 2.05) is 6.92 Å². The quantitative estimate of drug-likeness (QED) is 0.381. The Bertz CT molecular complexity index is 955. The lowest BCUT2D eigenvalue weighted by molar-refractivity contribution is -0.178. The third kappa shape index (κ3) is 5.04. The first-order chi connectivity index (χ1) is 15.4. The Labute approximate surface area is 192 Å². The summed E-state index contributed by atoms with van der Waals surface area (Å²) in [5, 5.41) is 11.1. The molecule has 0 aromatic rings. The first kappa shape index (κ1) is 24.7. The molecule has 0 saturated carbocycles. The lowest BCUT2D eigenvalue weighted by Gasteiger charge is -2.33. The van der Waals surface area contributed by atoms with Gasteiger partial charge in [0.25, 0.3) is 0 Å². The third-order valence-corrected chi connectivity index (χ3v) is 6.05. The van der Waals surface area contributed by atoms with Gasteiger partial charge in [-0.25, -0.2) is 9.59 Å². The van der Waals surface area contributed by atoms with Crippen molar-refractivity contribution in [2.45, 2.75) is 63.6 Å². The van der Waals surface area contributed by atoms with Crippen molar-refractivity contribution in [1.29, 1.82) is 0 Å². The number of hydrogen-bond donors (Lipinski definition) is 1. The number of carbonyl (C=O) groups is 3. The van der Waals surface area contributed by atoms with E-state index in [0.717, 1.165) is 5.57 Å². The van der Waals surface area contributed by atoms with Gasteiger partial charge in [0.2, 0.25) is 5.79 Å². The van der Waals surface area contributed by atoms with E-state index >= 15 is 0 Å². The number of rotatable bonds is 4. The number of aliphatic hydroxyl groups is 1. The summed E-state index contributed by atoms with van der Waals surface area (Å²) >= 11 is 0. The molecule has 0 aromatic carbocycles. The van der Waals surface area contributed by atoms with Gasteiger partial charge in [-0.2, -0.15) is 0 Å². The van der Waals surface area contributed by atoms with Gasteiger partial charge in [-0.3, -0.25) is 4.79 Å². The molecule has 0 spiro atoms. The molecule has 3 heterocycles. The largest absolute Gasteiger partial charge is 0.465 e. The van der Waals surface area contributed by atoms with Gasteiger partial charge < -0.3 is 28.8 Å². The molecule has 0 radical (unpaired) electrons. The van der Waals surface area contributed by atoms with Crippen LogP contribution in [0.3, 0.4) is 0 Å². The smallest absolute Gasteiger partial charge is 0.340 e. The molecule has 0 aromatic heterocycles. The maximum atomic E-state index is 12.6. The number of ether oxygens (including phenoxy) is 5. The SMILES string of the molecule is C=C(C)[C@H]1C/C=C2/C(=O)O[C@H](CC(C)(O)/C=C3/C=C(C(=O)OC)C(OC)(C1)O3)[C@H]2OC(C)=O. The standard InChI is InChI=1S/C24H30O9/c1-13(2)15-7-8-17-20(31-14(3)25)19(32-21(17)26)12-23(4,28)11-16-9-18(22(27)29-5)24(10-15,30-6)33-16/h8-9,11,15,19-20,28H,1,7,10,12H2,2-6H3/b16-11-,17-8+/t15-,19+,20-,23?,24?/m0/s1. The van der Waals surface area contributed by atoms with Crippen LogP contribution in [0.4, 0.5) is 0 Å². The highest BCUT2D eigenvalue weighted by Crippen LogP contribution is 2.43. The van der Waals surface area contributed by atoms with E-state index in [2.05, 4.69) is 6.58 Å². The fraction of sp³-hybridized carbons (Fsp3) is 0.542. The molecular formula is C24H30O9. The number of allylic oxidation sites excluding steroid dienone is 3. The third-order valence-electron chi connectivity index (χ3n) is 6.05. The van der Waals surface area contributed by atoms with E-state index in [1.54, 1.807) is 6.08 Å². The molecule has 9 heteroatoms. The second kappa shape index (κ2) is 9.15. The van der Waals surface area contributed by atoms with E-state index in [1.165, 1.54) is 40.2 Å². The fourth-order valence-corrected chi connectivity index (χ4v) is 4.38. The zero-order valence-electron chi connectivity index (χ0n) is 19.5. The number of fused-ring (bicyclic) bond motifs is 4. The van der Waals surface area contributed by atoms with Crippen molar-refractivity contribution >= 4 is 17.9 Å². The minimum absolute atomic E-state index is 0.0772. The van der Waals surface area contributed by atoms with E-state index in [-0.39, 0.29) is 35.7 Å². The van der Waals surface area contributed by atoms with Crippen LogP contribution in [0.5, 0.6) is 0 Å². The topological polar surface area (TPSA) is 118 Å². The molecule has 3 aliphatic rings. The Kier molecular flexibility index (Phi) is 6.85. The van der Waals surface area contributed by atoms with Crippen LogP contribution in [0.1, 0.15) is 40.0 Å². The van der Waals surface area contributed by atoms with Crippen LogP contribution < -0.4 is 0 Å². The van der Waals surface area contributed by atoms with E-state index in [0.29, 0.717) is 6.42 Å². The molecule has 1 fully saturated rings. The highest BCUT2D eigenvalue weighted by atomic mass is 16.7. The maximum absolute atomic E-state index is 12.6. The summed E-state index contributed by atoms with van der Waals surface area (Å²) in [4.78, 5) is 36.9. The summed E-state index contributed by atoms with van der Waals surface area (Å²) in [6, 6.07) is 0. The lowest BCUT2D eigenvalue weighted by Crippen LogP contribution is -2.39. The van der Waals surface area contributed by atoms with Crippen molar-refractivity contribution in [2.24, 2.45) is 5.92 Å². The van der Waals surface area contributed by atoms with Crippen molar-refractivity contribution in [3.63, 3.8) is 0 Å². The molecule has 0 aliphatic carbocycles. The highest BCUT2D eigenvalue weighted by Gasteiger charge is 2.50. The van der Waals surface area contributed by atoms with Gasteiger partial charge in [0.15, 0.2) is 6.10 Å². The lowest BCUT2D eigenvalue weighted by atomic mass is 9.86. The van der Waals surface area contributed by atoms with Crippen molar-refractivity contribution in [1.82, 2.24) is 0 Å². The number of esters is 3. The summed E-state index contributed by atoms with van der Waals surface area (Å²) in [7, 11) is 2.68. The number of hydrogen-bond acceptors (Lipinski definition) is 9. The summed E-state index contributed by atoms with van der Waals surface area (Å²) < 4.78 is 27.6. The Balaban J connectivity index is 2.15. The van der Waals surface area contributed by atoms with E-state index in [4.69, 9.17) is 23.7 Å². The fourth-order valence-electron chi connectivity index (χ4n) is 4.38. The predicted molar refractivity (Wildman–Crippen MR) is 115 cm³/mol. The molecule has 3 rings (SSSR count). The van der Waals surface area contributed by atoms with Crippen LogP contribution >= 0.6 is 0 Å². The first-order valence-corrected chi connectivity index (χ1v) is 10.6. The minimum Gasteiger partial charge on any atom is -0.465 e. The molecule has 1 N–H and O–H groups in total. The summed E-state index contributed by atoms with van der Waals surface area (Å²) in [5.74, 6) is -3.36. The predicted octanol–water partition coefficient (Wildman–Crippen LogP) is 2.25. The average Bonchev–Trinajstić information content (AvgIpc) is 3.20. The van der Waals surface area contributed by atoms with Crippen molar-refractivity contribution in [3.05, 3.63) is 47.3 Å². The molecule has 4 bridgehead atoms. The number of carbonyl (C=O) groups excluding carboxylic acids is 3. The van der Waals surface area contributed by atoms with Crippen molar-refractivity contribution in [3.8, 4) is 0 Å². The molecule has 5 atom stereocenters. The van der Waals surface area contributed by atoms with Crippen LogP contribution in [0.2, 0.25) is 0 Å². The van der Waals surface area contributed by atoms with Crippen molar-refractivity contribution in [2.75, 3.05) is 14.2 Å². The summed E-state index contributed by atoms with van der Waals surface area (Å²) in [6.07, 6.45) is 3.09. The second-order valence-corrected chi connectivity index (χ2v) is 8.83. The molecule has 2 unspecified atom stereocenters. The average molecular weight is 462 g/mol. The summed E-state index contributed by atoms with van der Waals surface area (Å²) in [6.45, 7) is 8.61. The molecule has 9 nitrogen and oxygen atoms in total. The van der Waals surface area contributed by atoms with Crippen LogP contribution in [-0.2, 0) is 38.1 Å². The molecule has 180 valence electrons. The molecule has 3 aliphatic heterocycles. The second-order valence-electron chi connectivity index (χ2n) is 8.83. The van der Waals surface area contributed by atoms with Gasteiger partial charge in [0.1, 0.15) is 17.4 Å². The monoisotopic (exact) mass is 462 g/mol. The van der Waals surface area contributed by atoms with E-state index in [9.17, 15) is 19.5 Å². The van der Waals surface area contributed by atoms with Gasteiger partial charge in [0.05, 0.1) is 18.3 Å². The number of methoxy groups -OCH3 is 2. The molecular weight excluding hydrogens is 432 g/mol. The molecule has 1 saturated heterocycles. The van der Waals surface area contributed by atoms with Gasteiger partial charge in [0, 0.05) is 26.9 Å². The van der Waals surface area contributed by atoms with Gasteiger partial charge >= 0.3 is 17.9 Å². The van der Waals surface area contributed by atoms with Crippen molar-refractivity contribution < 1.29 is 43.2 Å². The normalized spacial score (nSPS) is 36.8. The Morgan fingerprint density at radius 2 is 1.94 bits per heavy atom. The minimum atomic E-state index is -1.54. The Hall–Kier alpha value is -2.91. The van der Waals surface area contributed by atoms with Gasteiger partial charge in [-0.1, -0.05) is 18.2 Å².